The van der Waals surface area contributed by atoms with Crippen LogP contribution in [0.4, 0.5) is 17.1 Å². The van der Waals surface area contributed by atoms with Crippen molar-refractivity contribution in [1.29, 1.82) is 0 Å². The van der Waals surface area contributed by atoms with E-state index < -0.39 is 0 Å². The van der Waals surface area contributed by atoms with Crippen LogP contribution in [0.15, 0.2) is 78.2 Å². The Morgan fingerprint density at radius 2 is 1.27 bits per heavy atom. The van der Waals surface area contributed by atoms with Gasteiger partial charge in [0.15, 0.2) is 11.5 Å². The molecule has 9 nitrogen and oxygen atoms in total. The van der Waals surface area contributed by atoms with E-state index in [2.05, 4.69) is 25.1 Å². The first-order chi connectivity index (χ1) is 18.1. The average Bonchev–Trinajstić information content (AvgIpc) is 3.50. The number of carbonyl (C=O) groups excluding carboxylic acids is 3. The fraction of sp³-hybridized carbons (Fsp3) is 0.148. The highest BCUT2D eigenvalue weighted by Crippen LogP contribution is 2.19. The first kappa shape index (κ1) is 24.3. The Labute approximate surface area is 217 Å². The Balaban J connectivity index is 1.18. The minimum atomic E-state index is -0.362. The van der Waals surface area contributed by atoms with Crippen molar-refractivity contribution in [3.05, 3.63) is 101 Å². The van der Waals surface area contributed by atoms with Crippen molar-refractivity contribution in [2.45, 2.75) is 0 Å². The van der Waals surface area contributed by atoms with Crippen LogP contribution in [0.2, 0.25) is 0 Å². The molecule has 0 spiro atoms. The number of rotatable bonds is 7. The van der Waals surface area contributed by atoms with Gasteiger partial charge in [0.2, 0.25) is 0 Å². The highest BCUT2D eigenvalue weighted by Gasteiger charge is 2.14. The molecule has 0 atom stereocenters. The Morgan fingerprint density at radius 1 is 0.730 bits per heavy atom. The van der Waals surface area contributed by atoms with Crippen molar-refractivity contribution < 1.29 is 19.1 Å². The molecule has 2 heterocycles. The van der Waals surface area contributed by atoms with Crippen molar-refractivity contribution in [2.75, 3.05) is 41.8 Å². The molecule has 0 unspecified atom stereocenters. The second-order valence-electron chi connectivity index (χ2n) is 8.33. The van der Waals surface area contributed by atoms with Crippen LogP contribution in [-0.4, -0.2) is 53.5 Å². The van der Waals surface area contributed by atoms with E-state index in [0.717, 1.165) is 30.3 Å². The van der Waals surface area contributed by atoms with Crippen molar-refractivity contribution in [2.24, 2.45) is 0 Å². The zero-order valence-electron chi connectivity index (χ0n) is 19.7. The van der Waals surface area contributed by atoms with Gasteiger partial charge in [-0.2, -0.15) is 0 Å². The monoisotopic (exact) mass is 513 g/mol. The second-order valence-corrected chi connectivity index (χ2v) is 8.94. The van der Waals surface area contributed by atoms with Crippen LogP contribution in [0.1, 0.15) is 36.8 Å². The van der Waals surface area contributed by atoms with E-state index in [0.29, 0.717) is 41.3 Å². The summed E-state index contributed by atoms with van der Waals surface area (Å²) in [5, 5.41) is 10.9. The van der Waals surface area contributed by atoms with E-state index in [-0.39, 0.29) is 23.3 Å². The van der Waals surface area contributed by atoms with Gasteiger partial charge in [-0.15, -0.1) is 5.10 Å². The lowest BCUT2D eigenvalue weighted by atomic mass is 10.0. The summed E-state index contributed by atoms with van der Waals surface area (Å²) in [6, 6.07) is 20.8. The molecular formula is C27H23N5O4S. The maximum Gasteiger partial charge on any atom is 0.277 e. The molecule has 0 bridgehead atoms. The number of nitrogens with one attached hydrogen (secondary N) is 2. The summed E-state index contributed by atoms with van der Waals surface area (Å²) in [7, 11) is 0. The number of anilines is 3. The molecule has 0 radical (unpaired) electrons. The van der Waals surface area contributed by atoms with E-state index in [1.807, 2.05) is 12.1 Å². The highest BCUT2D eigenvalue weighted by atomic mass is 32.1. The quantitative estimate of drug-likeness (QED) is 0.358. The third kappa shape index (κ3) is 5.88. The number of nitrogens with zero attached hydrogens (tertiary/aromatic N) is 3. The summed E-state index contributed by atoms with van der Waals surface area (Å²) < 4.78 is 9.05. The molecule has 1 fully saturated rings. The minimum Gasteiger partial charge on any atom is -0.378 e. The van der Waals surface area contributed by atoms with Crippen molar-refractivity contribution in [3.63, 3.8) is 0 Å². The van der Waals surface area contributed by atoms with Crippen molar-refractivity contribution in [3.8, 4) is 0 Å². The third-order valence-corrected chi connectivity index (χ3v) is 6.41. The Bertz CT molecular complexity index is 1380. The van der Waals surface area contributed by atoms with Crippen LogP contribution in [-0.2, 0) is 4.74 Å². The molecule has 5 rings (SSSR count). The van der Waals surface area contributed by atoms with Gasteiger partial charge in [0.05, 0.1) is 13.2 Å². The zero-order chi connectivity index (χ0) is 25.6. The lowest BCUT2D eigenvalue weighted by molar-refractivity contribution is 0.101. The summed E-state index contributed by atoms with van der Waals surface area (Å²) in [5.41, 5.74) is 3.95. The van der Waals surface area contributed by atoms with Gasteiger partial charge in [0.25, 0.3) is 11.8 Å². The van der Waals surface area contributed by atoms with E-state index >= 15 is 0 Å². The van der Waals surface area contributed by atoms with Gasteiger partial charge in [-0.1, -0.05) is 4.49 Å². The minimum absolute atomic E-state index is 0.168. The summed E-state index contributed by atoms with van der Waals surface area (Å²) in [6.45, 7) is 3.08. The van der Waals surface area contributed by atoms with Crippen LogP contribution in [0.3, 0.4) is 0 Å². The largest absolute Gasteiger partial charge is 0.378 e. The Morgan fingerprint density at radius 3 is 1.81 bits per heavy atom. The number of ketones is 1. The van der Waals surface area contributed by atoms with Crippen LogP contribution >= 0.6 is 11.5 Å². The maximum atomic E-state index is 12.9. The zero-order valence-corrected chi connectivity index (χ0v) is 20.5. The standard InChI is InChI=1S/C27H23N5O4S/c33-25(19-3-9-22(10-4-19)29-27(35)24-17-37-31-30-24)18-1-7-21(8-2-18)28-26(34)20-5-11-23(12-6-20)32-13-15-36-16-14-32/h1-12,17H,13-16H2,(H,28,34)(H,29,35). The van der Waals surface area contributed by atoms with Gasteiger partial charge in [0, 0.05) is 52.2 Å². The SMILES string of the molecule is O=C(Nc1ccc(C(=O)c2ccc(NC(=O)c3csnn3)cc2)cc1)c1ccc(N2CCOCC2)cc1. The van der Waals surface area contributed by atoms with Crippen LogP contribution < -0.4 is 15.5 Å². The van der Waals surface area contributed by atoms with E-state index in [4.69, 9.17) is 4.74 Å². The van der Waals surface area contributed by atoms with Gasteiger partial charge >= 0.3 is 0 Å². The lowest BCUT2D eigenvalue weighted by Crippen LogP contribution is -2.36. The molecule has 2 N–H and O–H groups in total. The number of ether oxygens (including phenoxy) is 1. The van der Waals surface area contributed by atoms with Crippen molar-refractivity contribution in [1.82, 2.24) is 9.59 Å². The lowest BCUT2D eigenvalue weighted by Gasteiger charge is -2.28. The molecule has 37 heavy (non-hydrogen) atoms. The summed E-state index contributed by atoms with van der Waals surface area (Å²) >= 11 is 1.10. The number of aromatic nitrogens is 2. The molecule has 0 aliphatic carbocycles. The number of hydrogen-bond donors (Lipinski definition) is 2. The smallest absolute Gasteiger partial charge is 0.277 e. The van der Waals surface area contributed by atoms with Gasteiger partial charge in [-0.25, -0.2) is 0 Å². The first-order valence-corrected chi connectivity index (χ1v) is 12.5. The molecule has 1 aliphatic heterocycles. The Kier molecular flexibility index (Phi) is 7.29. The topological polar surface area (TPSA) is 114 Å². The number of benzene rings is 3. The number of carbonyl (C=O) groups is 3. The predicted octanol–water partition coefficient (Wildman–Crippen LogP) is 4.11. The molecule has 1 aliphatic rings. The normalized spacial score (nSPS) is 13.1. The summed E-state index contributed by atoms with van der Waals surface area (Å²) in [6.07, 6.45) is 0. The predicted molar refractivity (Wildman–Crippen MR) is 142 cm³/mol. The molecule has 1 aromatic heterocycles. The fourth-order valence-electron chi connectivity index (χ4n) is 3.88. The van der Waals surface area contributed by atoms with Crippen LogP contribution in [0.25, 0.3) is 0 Å². The van der Waals surface area contributed by atoms with E-state index in [1.165, 1.54) is 0 Å². The first-order valence-electron chi connectivity index (χ1n) is 11.6. The number of hydrogen-bond acceptors (Lipinski definition) is 8. The number of morpholine rings is 1. The van der Waals surface area contributed by atoms with Gasteiger partial charge < -0.3 is 20.3 Å². The molecule has 186 valence electrons. The summed E-state index contributed by atoms with van der Waals surface area (Å²) in [5.74, 6) is -0.754. The van der Waals surface area contributed by atoms with Gasteiger partial charge in [0.1, 0.15) is 0 Å². The highest BCUT2D eigenvalue weighted by molar-refractivity contribution is 7.03. The molecule has 0 saturated carbocycles. The van der Waals surface area contributed by atoms with Gasteiger partial charge in [-0.3, -0.25) is 14.4 Å². The average molecular weight is 514 g/mol. The van der Waals surface area contributed by atoms with E-state index in [1.54, 1.807) is 66.0 Å². The molecule has 1 saturated heterocycles. The van der Waals surface area contributed by atoms with Crippen molar-refractivity contribution >= 4 is 46.2 Å². The van der Waals surface area contributed by atoms with E-state index in [9.17, 15) is 14.4 Å². The second kappa shape index (κ2) is 11.1. The fourth-order valence-corrected chi connectivity index (χ4v) is 4.32. The molecular weight excluding hydrogens is 490 g/mol. The maximum absolute atomic E-state index is 12.9. The molecule has 2 amide bonds. The number of amides is 2. The van der Waals surface area contributed by atoms with Crippen LogP contribution in [0.5, 0.6) is 0 Å². The molecule has 4 aromatic rings. The molecule has 3 aromatic carbocycles. The third-order valence-electron chi connectivity index (χ3n) is 5.91. The van der Waals surface area contributed by atoms with Gasteiger partial charge in [-0.05, 0) is 84.3 Å². The van der Waals surface area contributed by atoms with Crippen LogP contribution in [0, 0.1) is 0 Å². The Hall–Kier alpha value is -4.41. The molecule has 10 heteroatoms. The summed E-state index contributed by atoms with van der Waals surface area (Å²) in [4.78, 5) is 39.9.